The highest BCUT2D eigenvalue weighted by Gasteiger charge is 2.81. The van der Waals surface area contributed by atoms with Crippen molar-refractivity contribution in [2.45, 2.75) is 110 Å². The Morgan fingerprint density at radius 1 is 1.00 bits per heavy atom. The third-order valence-corrected chi connectivity index (χ3v) is 10.5. The Morgan fingerprint density at radius 2 is 1.70 bits per heavy atom. The fraction of sp³-hybridized carbons (Fsp3) is 0.500. The highest BCUT2D eigenvalue weighted by Crippen LogP contribution is 2.68. The van der Waals surface area contributed by atoms with E-state index in [-0.39, 0.29) is 40.8 Å². The number of benzene rings is 1. The van der Waals surface area contributed by atoms with Crippen molar-refractivity contribution in [2.24, 2.45) is 11.8 Å². The van der Waals surface area contributed by atoms with Crippen LogP contribution >= 0.6 is 0 Å². The zero-order valence-electron chi connectivity index (χ0n) is 28.0. The van der Waals surface area contributed by atoms with Crippen LogP contribution in [-0.2, 0) is 20.7 Å². The van der Waals surface area contributed by atoms with Crippen LogP contribution in [0.15, 0.2) is 52.7 Å². The van der Waals surface area contributed by atoms with Gasteiger partial charge in [-0.05, 0) is 93.2 Å². The summed E-state index contributed by atoms with van der Waals surface area (Å²) in [7, 11) is 0. The van der Waals surface area contributed by atoms with Crippen molar-refractivity contribution >= 4 is 23.6 Å². The summed E-state index contributed by atoms with van der Waals surface area (Å²) in [5.41, 5.74) is -0.952. The van der Waals surface area contributed by atoms with Crippen LogP contribution in [0.25, 0.3) is 6.08 Å². The molecule has 0 amide bonds. The predicted molar refractivity (Wildman–Crippen MR) is 174 cm³/mol. The third-order valence-electron chi connectivity index (χ3n) is 10.5. The number of Topliss-reactive ketones (excluding diaryl/α,β-unsaturated/α-hetero) is 2. The molecule has 1 aromatic carbocycles. The van der Waals surface area contributed by atoms with E-state index in [1.165, 1.54) is 18.6 Å². The molecule has 3 aliphatic heterocycles. The van der Waals surface area contributed by atoms with Gasteiger partial charge in [-0.1, -0.05) is 35.5 Å². The normalized spacial score (nSPS) is 31.2. The molecule has 4 bridgehead atoms. The quantitative estimate of drug-likeness (QED) is 0.228. The second-order valence-corrected chi connectivity index (χ2v) is 14.8. The van der Waals surface area contributed by atoms with Gasteiger partial charge in [-0.15, -0.1) is 0 Å². The number of allylic oxidation sites excluding steroid dienone is 5. The molecule has 2 fully saturated rings. The summed E-state index contributed by atoms with van der Waals surface area (Å²) in [5.74, 6) is -2.28. The molecule has 3 aliphatic carbocycles. The van der Waals surface area contributed by atoms with Gasteiger partial charge in [0, 0.05) is 35.0 Å². The number of hydrogen-bond acceptors (Lipinski definition) is 7. The Hall–Kier alpha value is -3.91. The zero-order valence-corrected chi connectivity index (χ0v) is 28.0. The number of carboxylic acid groups (broad SMARTS) is 1. The van der Waals surface area contributed by atoms with E-state index < -0.39 is 40.1 Å². The molecular formula is C38H44O8. The van der Waals surface area contributed by atoms with Crippen molar-refractivity contribution in [3.8, 4) is 17.2 Å². The van der Waals surface area contributed by atoms with E-state index in [1.54, 1.807) is 6.08 Å². The molecule has 46 heavy (non-hydrogen) atoms. The summed E-state index contributed by atoms with van der Waals surface area (Å²) in [6, 6.07) is 0. The number of phenolic OH excluding ortho intramolecular Hbond substituents is 1. The fourth-order valence-corrected chi connectivity index (χ4v) is 8.17. The minimum atomic E-state index is -1.63. The van der Waals surface area contributed by atoms with Gasteiger partial charge in [0.05, 0.1) is 11.2 Å². The number of carbonyl (C=O) groups excluding carboxylic acids is 2. The maximum absolute atomic E-state index is 14.7. The van der Waals surface area contributed by atoms with E-state index >= 15 is 0 Å². The molecule has 3 heterocycles. The third kappa shape index (κ3) is 4.47. The number of fused-ring (bicyclic) bond motifs is 2. The van der Waals surface area contributed by atoms with Crippen molar-refractivity contribution in [1.82, 2.24) is 0 Å². The van der Waals surface area contributed by atoms with Crippen molar-refractivity contribution in [2.75, 3.05) is 0 Å². The van der Waals surface area contributed by atoms with Gasteiger partial charge in [-0.25, -0.2) is 4.79 Å². The molecule has 0 radical (unpaired) electrons. The van der Waals surface area contributed by atoms with Gasteiger partial charge < -0.3 is 24.4 Å². The first-order chi connectivity index (χ1) is 21.5. The SMILES string of the molecule is CC(C)=CCC[C@]1(C)C=Cc2c(O)c3c(c(CC=C(C)C)c2O1)O[C@]12C(=CC4CC1C(C)(C)O[C@]2(C/C=C(\C)C(=O)O)C4=O)C3=O. The number of ether oxygens (including phenoxy) is 3. The monoisotopic (exact) mass is 628 g/mol. The van der Waals surface area contributed by atoms with Gasteiger partial charge in [0.15, 0.2) is 22.8 Å². The van der Waals surface area contributed by atoms with E-state index in [0.29, 0.717) is 41.7 Å². The van der Waals surface area contributed by atoms with Crippen LogP contribution in [0.5, 0.6) is 17.2 Å². The Morgan fingerprint density at radius 3 is 2.35 bits per heavy atom. The summed E-state index contributed by atoms with van der Waals surface area (Å²) in [5, 5.41) is 21.4. The predicted octanol–water partition coefficient (Wildman–Crippen LogP) is 7.24. The standard InChI is InChI=1S/C38H44O8/c1-20(2)10-9-15-36(8)16-14-24-29(39)28-30(40)26-18-23-19-27-35(6,7)46-37(33(23)41,17-13-22(5)34(42)43)38(26,27)45-32(28)25(31(24)44-36)12-11-21(3)4/h10-11,13-14,16,18,23,27,39H,9,12,15,17,19H2,1-8H3,(H,42,43)/b22-13+/t23?,27?,36-,37-,38-/m1/s1. The van der Waals surface area contributed by atoms with Gasteiger partial charge in [0.2, 0.25) is 0 Å². The molecule has 1 spiro atoms. The van der Waals surface area contributed by atoms with Gasteiger partial charge in [-0.2, -0.15) is 0 Å². The summed E-state index contributed by atoms with van der Waals surface area (Å²) in [6.45, 7) is 15.4. The minimum absolute atomic E-state index is 0.0544. The lowest BCUT2D eigenvalue weighted by molar-refractivity contribution is -0.171. The number of carbonyl (C=O) groups is 3. The highest BCUT2D eigenvalue weighted by molar-refractivity contribution is 6.19. The van der Waals surface area contributed by atoms with Crippen LogP contribution in [0.2, 0.25) is 0 Å². The first-order valence-corrected chi connectivity index (χ1v) is 16.2. The first kappa shape index (κ1) is 32.0. The number of phenols is 1. The summed E-state index contributed by atoms with van der Waals surface area (Å²) >= 11 is 0. The number of aromatic hydroxyl groups is 1. The number of rotatable bonds is 8. The number of carboxylic acids is 1. The summed E-state index contributed by atoms with van der Waals surface area (Å²) in [4.78, 5) is 40.8. The second kappa shape index (κ2) is 10.6. The lowest BCUT2D eigenvalue weighted by Gasteiger charge is -2.56. The van der Waals surface area contributed by atoms with E-state index in [9.17, 15) is 24.6 Å². The van der Waals surface area contributed by atoms with Crippen LogP contribution in [0.4, 0.5) is 0 Å². The maximum Gasteiger partial charge on any atom is 0.330 e. The summed E-state index contributed by atoms with van der Waals surface area (Å²) in [6.07, 6.45) is 13.4. The van der Waals surface area contributed by atoms with Crippen LogP contribution in [0.1, 0.15) is 103 Å². The molecule has 7 rings (SSSR count). The molecule has 0 aromatic heterocycles. The van der Waals surface area contributed by atoms with E-state index in [2.05, 4.69) is 19.9 Å². The average molecular weight is 629 g/mol. The Labute approximate surface area is 270 Å². The topological polar surface area (TPSA) is 119 Å². The Bertz CT molecular complexity index is 1730. The molecule has 8 nitrogen and oxygen atoms in total. The Balaban J connectivity index is 1.59. The lowest BCUT2D eigenvalue weighted by atomic mass is 9.51. The molecule has 1 saturated carbocycles. The molecule has 8 heteroatoms. The summed E-state index contributed by atoms with van der Waals surface area (Å²) < 4.78 is 20.6. The zero-order chi connectivity index (χ0) is 33.6. The van der Waals surface area contributed by atoms with Crippen LogP contribution < -0.4 is 9.47 Å². The molecular weight excluding hydrogens is 584 g/mol. The van der Waals surface area contributed by atoms with Crippen molar-refractivity contribution < 1.29 is 38.8 Å². The number of aliphatic carboxylic acids is 1. The first-order valence-electron chi connectivity index (χ1n) is 16.2. The van der Waals surface area contributed by atoms with Crippen LogP contribution in [0, 0.1) is 11.8 Å². The van der Waals surface area contributed by atoms with E-state index in [1.807, 2.05) is 52.8 Å². The van der Waals surface area contributed by atoms with Gasteiger partial charge >= 0.3 is 5.97 Å². The Kier molecular flexibility index (Phi) is 7.36. The van der Waals surface area contributed by atoms with E-state index in [4.69, 9.17) is 14.2 Å². The largest absolute Gasteiger partial charge is 0.506 e. The van der Waals surface area contributed by atoms with Gasteiger partial charge in [0.1, 0.15) is 28.4 Å². The lowest BCUT2D eigenvalue weighted by Crippen LogP contribution is -2.72. The maximum atomic E-state index is 14.7. The van der Waals surface area contributed by atoms with Crippen molar-refractivity contribution in [1.29, 1.82) is 0 Å². The van der Waals surface area contributed by atoms with Crippen LogP contribution in [-0.4, -0.2) is 50.2 Å². The number of ketones is 2. The van der Waals surface area contributed by atoms with Gasteiger partial charge in [-0.3, -0.25) is 9.59 Å². The minimum Gasteiger partial charge on any atom is -0.506 e. The second-order valence-electron chi connectivity index (χ2n) is 14.8. The number of hydrogen-bond donors (Lipinski definition) is 2. The van der Waals surface area contributed by atoms with Gasteiger partial charge in [0.25, 0.3) is 0 Å². The molecule has 2 unspecified atom stereocenters. The highest BCUT2D eigenvalue weighted by atomic mass is 16.6. The average Bonchev–Trinajstić information content (AvgIpc) is 3.12. The molecule has 5 atom stereocenters. The molecule has 1 aromatic rings. The smallest absolute Gasteiger partial charge is 0.330 e. The molecule has 244 valence electrons. The molecule has 2 N–H and O–H groups in total. The molecule has 1 saturated heterocycles. The van der Waals surface area contributed by atoms with Crippen molar-refractivity contribution in [3.63, 3.8) is 0 Å². The van der Waals surface area contributed by atoms with Crippen LogP contribution in [0.3, 0.4) is 0 Å². The van der Waals surface area contributed by atoms with E-state index in [0.717, 1.165) is 12.0 Å². The van der Waals surface area contributed by atoms with Crippen molar-refractivity contribution in [3.05, 3.63) is 69.4 Å². The molecule has 6 aliphatic rings. The fourth-order valence-electron chi connectivity index (χ4n) is 8.17.